The van der Waals surface area contributed by atoms with Gasteiger partial charge in [-0.15, -0.1) is 0 Å². The zero-order valence-electron chi connectivity index (χ0n) is 22.6. The molecule has 1 aromatic carbocycles. The van der Waals surface area contributed by atoms with Crippen molar-refractivity contribution in [3.8, 4) is 5.75 Å². The first kappa shape index (κ1) is 34.5. The number of rotatable bonds is 14. The Morgan fingerprint density at radius 1 is 1.17 bits per heavy atom. The first-order valence-electron chi connectivity index (χ1n) is 12.9. The monoisotopic (exact) mass is 841 g/mol. The maximum atomic E-state index is 12.7. The molecule has 2 amide bonds. The Bertz CT molecular complexity index is 1280. The lowest BCUT2D eigenvalue weighted by molar-refractivity contribution is -0.115. The van der Waals surface area contributed by atoms with Crippen LogP contribution in [0.25, 0.3) is 0 Å². The second-order valence-corrected chi connectivity index (χ2v) is 12.8. The fourth-order valence-corrected chi connectivity index (χ4v) is 7.45. The van der Waals surface area contributed by atoms with Crippen molar-refractivity contribution in [3.63, 3.8) is 0 Å². The summed E-state index contributed by atoms with van der Waals surface area (Å²) in [4.78, 5) is 30.5. The Kier molecular flexibility index (Phi) is 13.3. The number of carbonyl (C=O) groups is 2. The molecule has 0 saturated carbocycles. The molecule has 1 spiro atoms. The Labute approximate surface area is 276 Å². The SMILES string of the molecule is COC1=C(Br)[C@@H](O)[C@]2(C=C1Br)CC(C(=O)NCCCOc1c(Br)cc(C/C(=N\O)C(=O)NCCCCN)cc1Br)=NO2. The molecule has 12 nitrogen and oxygen atoms in total. The summed E-state index contributed by atoms with van der Waals surface area (Å²) in [6.45, 7) is 1.60. The zero-order valence-corrected chi connectivity index (χ0v) is 28.9. The number of benzene rings is 1. The number of nitrogens with two attached hydrogens (primary N) is 1. The molecule has 0 bridgehead atoms. The Hall–Kier alpha value is -1.98. The minimum absolute atomic E-state index is 0.0142. The van der Waals surface area contributed by atoms with Gasteiger partial charge in [0.2, 0.25) is 0 Å². The molecular weight excluding hydrogens is 814 g/mol. The standard InChI is InChI=1S/C26H31Br4N5O7/c1-40-22-17(29)12-26(23(36)20(22)30)13-19(35-42-26)25(38)33-7-4-8-41-21-15(27)9-14(10-16(21)28)11-18(34-39)24(37)32-6-3-2-5-31/h9-10,12,23,36,39H,2-8,11,13,31H2,1H3,(H,32,37)(H,33,38)/b34-18+/t23-,26+/m1/s1. The average molecular weight is 845 g/mol. The van der Waals surface area contributed by atoms with E-state index in [0.29, 0.717) is 62.1 Å². The number of unbranched alkanes of at least 4 members (excludes halogenated alkanes) is 1. The smallest absolute Gasteiger partial charge is 0.269 e. The molecule has 3 rings (SSSR count). The third-order valence-electron chi connectivity index (χ3n) is 6.33. The number of nitrogens with one attached hydrogen (secondary N) is 2. The Balaban J connectivity index is 1.46. The molecule has 0 aromatic heterocycles. The van der Waals surface area contributed by atoms with Gasteiger partial charge in [-0.05, 0) is 113 Å². The number of oxime groups is 2. The summed E-state index contributed by atoms with van der Waals surface area (Å²) in [6.07, 6.45) is 2.74. The fourth-order valence-electron chi connectivity index (χ4n) is 4.15. The number of aliphatic hydroxyl groups is 1. The van der Waals surface area contributed by atoms with E-state index >= 15 is 0 Å². The van der Waals surface area contributed by atoms with E-state index in [-0.39, 0.29) is 24.3 Å². The largest absolute Gasteiger partial charge is 0.495 e. The minimum atomic E-state index is -1.22. The normalized spacial score (nSPS) is 20.2. The van der Waals surface area contributed by atoms with E-state index in [0.717, 1.165) is 18.4 Å². The number of halogens is 4. The summed E-state index contributed by atoms with van der Waals surface area (Å²) in [7, 11) is 1.48. The van der Waals surface area contributed by atoms with Gasteiger partial charge in [-0.3, -0.25) is 9.59 Å². The van der Waals surface area contributed by atoms with Gasteiger partial charge < -0.3 is 41.0 Å². The molecule has 1 heterocycles. The van der Waals surface area contributed by atoms with Crippen molar-refractivity contribution < 1.29 is 34.2 Å². The van der Waals surface area contributed by atoms with Crippen LogP contribution in [0.5, 0.6) is 5.75 Å². The number of aliphatic hydroxyl groups excluding tert-OH is 1. The molecule has 0 unspecified atom stereocenters. The number of amides is 2. The molecule has 16 heteroatoms. The Morgan fingerprint density at radius 3 is 2.50 bits per heavy atom. The van der Waals surface area contributed by atoms with E-state index in [9.17, 15) is 19.9 Å². The first-order valence-corrected chi connectivity index (χ1v) is 16.1. The van der Waals surface area contributed by atoms with E-state index in [1.54, 1.807) is 18.2 Å². The molecular formula is C26H31Br4N5O7. The second kappa shape index (κ2) is 16.2. The van der Waals surface area contributed by atoms with Gasteiger partial charge in [-0.25, -0.2) is 0 Å². The van der Waals surface area contributed by atoms with Crippen molar-refractivity contribution in [2.75, 3.05) is 33.4 Å². The molecule has 0 radical (unpaired) electrons. The molecule has 1 aliphatic heterocycles. The van der Waals surface area contributed by atoms with Gasteiger partial charge >= 0.3 is 0 Å². The number of allylic oxidation sites excluding steroid dienone is 1. The number of ether oxygens (including phenoxy) is 2. The average Bonchev–Trinajstić information content (AvgIpc) is 3.38. The zero-order chi connectivity index (χ0) is 30.9. The highest BCUT2D eigenvalue weighted by molar-refractivity contribution is 9.12. The molecule has 1 aliphatic carbocycles. The molecule has 6 N–H and O–H groups in total. The predicted octanol–water partition coefficient (Wildman–Crippen LogP) is 3.75. The molecule has 230 valence electrons. The number of hydrogen-bond donors (Lipinski definition) is 5. The summed E-state index contributed by atoms with van der Waals surface area (Å²) in [6, 6.07) is 3.55. The van der Waals surface area contributed by atoms with E-state index in [1.165, 1.54) is 7.11 Å². The van der Waals surface area contributed by atoms with Crippen molar-refractivity contribution in [2.45, 2.75) is 43.8 Å². The second-order valence-electron chi connectivity index (χ2n) is 9.36. The molecule has 1 aromatic rings. The van der Waals surface area contributed by atoms with Crippen LogP contribution < -0.4 is 21.1 Å². The summed E-state index contributed by atoms with van der Waals surface area (Å²) >= 11 is 13.7. The highest BCUT2D eigenvalue weighted by Gasteiger charge is 2.50. The minimum Gasteiger partial charge on any atom is -0.495 e. The highest BCUT2D eigenvalue weighted by atomic mass is 79.9. The number of hydrogen-bond acceptors (Lipinski definition) is 10. The van der Waals surface area contributed by atoms with Crippen molar-refractivity contribution in [2.24, 2.45) is 16.0 Å². The predicted molar refractivity (Wildman–Crippen MR) is 171 cm³/mol. The lowest BCUT2D eigenvalue weighted by atomic mass is 9.87. The highest BCUT2D eigenvalue weighted by Crippen LogP contribution is 2.44. The molecule has 0 saturated heterocycles. The van der Waals surface area contributed by atoms with Crippen molar-refractivity contribution in [3.05, 3.63) is 47.4 Å². The molecule has 42 heavy (non-hydrogen) atoms. The van der Waals surface area contributed by atoms with Crippen LogP contribution in [-0.2, 0) is 25.6 Å². The number of nitrogens with zero attached hydrogens (tertiary/aromatic N) is 2. The van der Waals surface area contributed by atoms with Gasteiger partial charge in [0.15, 0.2) is 5.60 Å². The van der Waals surface area contributed by atoms with Gasteiger partial charge in [0, 0.05) is 25.9 Å². The summed E-state index contributed by atoms with van der Waals surface area (Å²) in [5, 5.41) is 32.7. The van der Waals surface area contributed by atoms with Crippen LogP contribution in [-0.4, -0.2) is 78.6 Å². The van der Waals surface area contributed by atoms with Gasteiger partial charge in [-0.2, -0.15) is 0 Å². The number of carbonyl (C=O) groups excluding carboxylic acids is 2. The van der Waals surface area contributed by atoms with Crippen molar-refractivity contribution in [1.82, 2.24) is 10.6 Å². The first-order chi connectivity index (χ1) is 20.1. The molecule has 0 fully saturated rings. The van der Waals surface area contributed by atoms with E-state index in [1.807, 2.05) is 0 Å². The topological polar surface area (TPSA) is 177 Å². The van der Waals surface area contributed by atoms with E-state index in [4.69, 9.17) is 20.0 Å². The van der Waals surface area contributed by atoms with Crippen LogP contribution in [0.3, 0.4) is 0 Å². The summed E-state index contributed by atoms with van der Waals surface area (Å²) in [5.41, 5.74) is 5.10. The maximum Gasteiger partial charge on any atom is 0.269 e. The lowest BCUT2D eigenvalue weighted by Crippen LogP contribution is -2.45. The van der Waals surface area contributed by atoms with Gasteiger partial charge in [0.05, 0.1) is 31.6 Å². The Morgan fingerprint density at radius 2 is 1.86 bits per heavy atom. The molecule has 2 atom stereocenters. The van der Waals surface area contributed by atoms with Crippen LogP contribution in [0, 0.1) is 0 Å². The number of methoxy groups -OCH3 is 1. The quantitative estimate of drug-likeness (QED) is 0.0815. The van der Waals surface area contributed by atoms with E-state index < -0.39 is 23.5 Å². The van der Waals surface area contributed by atoms with Crippen molar-refractivity contribution in [1.29, 1.82) is 0 Å². The van der Waals surface area contributed by atoms with Gasteiger partial charge in [0.1, 0.15) is 29.0 Å². The summed E-state index contributed by atoms with van der Waals surface area (Å²) < 4.78 is 13.4. The van der Waals surface area contributed by atoms with Crippen LogP contribution in [0.15, 0.2) is 52.2 Å². The third kappa shape index (κ3) is 8.56. The third-order valence-corrected chi connectivity index (χ3v) is 8.89. The van der Waals surface area contributed by atoms with Crippen LogP contribution >= 0.6 is 63.7 Å². The van der Waals surface area contributed by atoms with Crippen LogP contribution in [0.1, 0.15) is 31.2 Å². The van der Waals surface area contributed by atoms with Gasteiger partial charge in [-0.1, -0.05) is 10.3 Å². The fraction of sp³-hybridized carbons (Fsp3) is 0.462. The summed E-state index contributed by atoms with van der Waals surface area (Å²) in [5.74, 6) is 0.131. The van der Waals surface area contributed by atoms with E-state index in [2.05, 4.69) is 84.7 Å². The maximum absolute atomic E-state index is 12.7. The van der Waals surface area contributed by atoms with Crippen LogP contribution in [0.2, 0.25) is 0 Å². The van der Waals surface area contributed by atoms with Crippen molar-refractivity contribution >= 4 is 87.0 Å². The molecule has 2 aliphatic rings. The van der Waals surface area contributed by atoms with Gasteiger partial charge in [0.25, 0.3) is 11.8 Å². The lowest BCUT2D eigenvalue weighted by Gasteiger charge is -2.33. The van der Waals surface area contributed by atoms with Crippen LogP contribution in [0.4, 0.5) is 0 Å².